The van der Waals surface area contributed by atoms with E-state index in [0.717, 1.165) is 12.8 Å². The number of hydrogen-bond donors (Lipinski definition) is 1. The first-order valence-electron chi connectivity index (χ1n) is 7.52. The largest absolute Gasteiger partial charge is 0.340 e. The summed E-state index contributed by atoms with van der Waals surface area (Å²) in [5.41, 5.74) is -0.727. The second kappa shape index (κ2) is 6.40. The van der Waals surface area contributed by atoms with E-state index in [1.54, 1.807) is 0 Å². The standard InChI is InChI=1S/C15H28N2O2/c1-6-9-11(4)10-17-12(7-2)13(18)16-15(5,8-3)14(17)19/h11-12H,6-10H2,1-5H3,(H,16,18). The minimum Gasteiger partial charge on any atom is -0.340 e. The van der Waals surface area contributed by atoms with Crippen LogP contribution in [0.2, 0.25) is 0 Å². The molecule has 110 valence electrons. The minimum absolute atomic E-state index is 0.00449. The minimum atomic E-state index is -0.727. The molecule has 0 spiro atoms. The fourth-order valence-electron chi connectivity index (χ4n) is 2.78. The zero-order valence-corrected chi connectivity index (χ0v) is 13.0. The first-order chi connectivity index (χ1) is 8.89. The summed E-state index contributed by atoms with van der Waals surface area (Å²) in [5, 5.41) is 2.90. The highest BCUT2D eigenvalue weighted by atomic mass is 16.2. The van der Waals surface area contributed by atoms with Crippen molar-refractivity contribution in [3.05, 3.63) is 0 Å². The van der Waals surface area contributed by atoms with Gasteiger partial charge in [-0.15, -0.1) is 0 Å². The fourth-order valence-corrected chi connectivity index (χ4v) is 2.78. The van der Waals surface area contributed by atoms with Crippen LogP contribution in [-0.4, -0.2) is 34.8 Å². The second-order valence-electron chi connectivity index (χ2n) is 5.95. The van der Waals surface area contributed by atoms with Crippen LogP contribution in [0.5, 0.6) is 0 Å². The molecule has 1 heterocycles. The predicted molar refractivity (Wildman–Crippen MR) is 76.7 cm³/mol. The number of piperazine rings is 1. The molecule has 1 aliphatic rings. The summed E-state index contributed by atoms with van der Waals surface area (Å²) in [5.74, 6) is 0.509. The molecular formula is C15H28N2O2. The molecule has 3 atom stereocenters. The molecule has 0 aromatic heterocycles. The molecule has 0 radical (unpaired) electrons. The molecule has 1 N–H and O–H groups in total. The van der Waals surface area contributed by atoms with Gasteiger partial charge in [-0.25, -0.2) is 0 Å². The third kappa shape index (κ3) is 3.28. The monoisotopic (exact) mass is 268 g/mol. The summed E-state index contributed by atoms with van der Waals surface area (Å²) >= 11 is 0. The number of carbonyl (C=O) groups excluding carboxylic acids is 2. The van der Waals surface area contributed by atoms with Crippen molar-refractivity contribution in [2.45, 2.75) is 71.9 Å². The lowest BCUT2D eigenvalue weighted by atomic mass is 9.90. The van der Waals surface area contributed by atoms with Crippen molar-refractivity contribution in [3.8, 4) is 0 Å². The van der Waals surface area contributed by atoms with Gasteiger partial charge in [-0.05, 0) is 32.1 Å². The average Bonchev–Trinajstić information content (AvgIpc) is 2.36. The van der Waals surface area contributed by atoms with E-state index in [9.17, 15) is 9.59 Å². The highest BCUT2D eigenvalue weighted by Gasteiger charge is 2.46. The Labute approximate surface area is 116 Å². The topological polar surface area (TPSA) is 49.4 Å². The summed E-state index contributed by atoms with van der Waals surface area (Å²) in [7, 11) is 0. The van der Waals surface area contributed by atoms with Gasteiger partial charge in [-0.3, -0.25) is 9.59 Å². The average molecular weight is 268 g/mol. The molecule has 4 nitrogen and oxygen atoms in total. The summed E-state index contributed by atoms with van der Waals surface area (Å²) in [6, 6.07) is -0.300. The van der Waals surface area contributed by atoms with Crippen molar-refractivity contribution in [1.29, 1.82) is 0 Å². The van der Waals surface area contributed by atoms with Gasteiger partial charge in [0.15, 0.2) is 0 Å². The van der Waals surface area contributed by atoms with Crippen molar-refractivity contribution >= 4 is 11.8 Å². The van der Waals surface area contributed by atoms with Crippen LogP contribution < -0.4 is 5.32 Å². The van der Waals surface area contributed by atoms with Crippen molar-refractivity contribution in [2.75, 3.05) is 6.54 Å². The van der Waals surface area contributed by atoms with Crippen molar-refractivity contribution < 1.29 is 9.59 Å². The zero-order valence-electron chi connectivity index (χ0n) is 13.0. The Morgan fingerprint density at radius 3 is 2.42 bits per heavy atom. The van der Waals surface area contributed by atoms with Crippen LogP contribution in [0.15, 0.2) is 0 Å². The van der Waals surface area contributed by atoms with Crippen molar-refractivity contribution in [2.24, 2.45) is 5.92 Å². The number of carbonyl (C=O) groups is 2. The number of amides is 2. The number of nitrogens with one attached hydrogen (secondary N) is 1. The molecule has 0 bridgehead atoms. The lowest BCUT2D eigenvalue weighted by molar-refractivity contribution is -0.155. The van der Waals surface area contributed by atoms with Gasteiger partial charge in [0.2, 0.25) is 11.8 Å². The Bertz CT molecular complexity index is 343. The van der Waals surface area contributed by atoms with Crippen molar-refractivity contribution in [3.63, 3.8) is 0 Å². The van der Waals surface area contributed by atoms with Gasteiger partial charge in [0.05, 0.1) is 0 Å². The van der Waals surface area contributed by atoms with E-state index in [0.29, 0.717) is 25.3 Å². The van der Waals surface area contributed by atoms with E-state index in [2.05, 4.69) is 19.2 Å². The van der Waals surface area contributed by atoms with E-state index < -0.39 is 5.54 Å². The van der Waals surface area contributed by atoms with Crippen LogP contribution in [0.1, 0.15) is 60.3 Å². The molecule has 0 aromatic carbocycles. The molecule has 1 aliphatic heterocycles. The van der Waals surface area contributed by atoms with Crippen LogP contribution in [0.3, 0.4) is 0 Å². The van der Waals surface area contributed by atoms with E-state index in [-0.39, 0.29) is 17.9 Å². The fraction of sp³-hybridized carbons (Fsp3) is 0.867. The molecule has 0 aromatic rings. The predicted octanol–water partition coefficient (Wildman–Crippen LogP) is 2.33. The van der Waals surface area contributed by atoms with Gasteiger partial charge in [0.1, 0.15) is 11.6 Å². The maximum Gasteiger partial charge on any atom is 0.248 e. The van der Waals surface area contributed by atoms with E-state index in [1.807, 2.05) is 25.7 Å². The van der Waals surface area contributed by atoms with Crippen LogP contribution in [0.25, 0.3) is 0 Å². The lowest BCUT2D eigenvalue weighted by Crippen LogP contribution is -2.69. The lowest BCUT2D eigenvalue weighted by Gasteiger charge is -2.44. The van der Waals surface area contributed by atoms with Gasteiger partial charge in [-0.2, -0.15) is 0 Å². The van der Waals surface area contributed by atoms with Gasteiger partial charge in [-0.1, -0.05) is 34.1 Å². The number of hydrogen-bond acceptors (Lipinski definition) is 2. The molecule has 4 heteroatoms. The van der Waals surface area contributed by atoms with Gasteiger partial charge in [0.25, 0.3) is 0 Å². The van der Waals surface area contributed by atoms with E-state index in [1.165, 1.54) is 0 Å². The van der Waals surface area contributed by atoms with Crippen LogP contribution in [-0.2, 0) is 9.59 Å². The summed E-state index contributed by atoms with van der Waals surface area (Å²) in [6.45, 7) is 10.7. The molecule has 1 rings (SSSR count). The normalized spacial score (nSPS) is 29.3. The van der Waals surface area contributed by atoms with Gasteiger partial charge >= 0.3 is 0 Å². The molecule has 19 heavy (non-hydrogen) atoms. The SMILES string of the molecule is CCCC(C)CN1C(=O)C(C)(CC)NC(=O)C1CC. The highest BCUT2D eigenvalue weighted by Crippen LogP contribution is 2.24. The van der Waals surface area contributed by atoms with Gasteiger partial charge < -0.3 is 10.2 Å². The van der Waals surface area contributed by atoms with Crippen LogP contribution in [0.4, 0.5) is 0 Å². The molecule has 0 saturated carbocycles. The van der Waals surface area contributed by atoms with Gasteiger partial charge in [0, 0.05) is 6.54 Å². The second-order valence-corrected chi connectivity index (χ2v) is 5.95. The summed E-state index contributed by atoms with van der Waals surface area (Å²) in [4.78, 5) is 26.6. The Morgan fingerprint density at radius 1 is 1.32 bits per heavy atom. The Morgan fingerprint density at radius 2 is 1.95 bits per heavy atom. The maximum absolute atomic E-state index is 12.6. The molecular weight excluding hydrogens is 240 g/mol. The van der Waals surface area contributed by atoms with Crippen molar-refractivity contribution in [1.82, 2.24) is 10.2 Å². The van der Waals surface area contributed by atoms with Crippen LogP contribution in [0, 0.1) is 5.92 Å². The third-order valence-corrected chi connectivity index (χ3v) is 4.19. The maximum atomic E-state index is 12.6. The quantitative estimate of drug-likeness (QED) is 0.803. The molecule has 2 amide bonds. The molecule has 1 fully saturated rings. The summed E-state index contributed by atoms with van der Waals surface area (Å²) < 4.78 is 0. The Kier molecular flexibility index (Phi) is 5.39. The molecule has 0 aliphatic carbocycles. The Hall–Kier alpha value is -1.06. The first kappa shape index (κ1) is 16.0. The molecule has 3 unspecified atom stereocenters. The van der Waals surface area contributed by atoms with Crippen LogP contribution >= 0.6 is 0 Å². The smallest absolute Gasteiger partial charge is 0.248 e. The number of rotatable bonds is 6. The number of nitrogens with zero attached hydrogens (tertiary/aromatic N) is 1. The summed E-state index contributed by atoms with van der Waals surface area (Å²) in [6.07, 6.45) is 3.50. The van der Waals surface area contributed by atoms with E-state index in [4.69, 9.17) is 0 Å². The highest BCUT2D eigenvalue weighted by molar-refractivity contribution is 5.99. The third-order valence-electron chi connectivity index (χ3n) is 4.19. The first-order valence-corrected chi connectivity index (χ1v) is 7.52. The Balaban J connectivity index is 2.93. The zero-order chi connectivity index (χ0) is 14.6. The van der Waals surface area contributed by atoms with E-state index >= 15 is 0 Å². The molecule has 1 saturated heterocycles.